The average molecular weight is 325 g/mol. The van der Waals surface area contributed by atoms with Crippen LogP contribution in [0, 0.1) is 0 Å². The highest BCUT2D eigenvalue weighted by atomic mass is 14.9. The maximum atomic E-state index is 4.38. The molecule has 0 N–H and O–H groups in total. The highest BCUT2D eigenvalue weighted by Crippen LogP contribution is 2.42. The van der Waals surface area contributed by atoms with Crippen molar-refractivity contribution >= 4 is 38.1 Å². The summed E-state index contributed by atoms with van der Waals surface area (Å²) in [6.45, 7) is 0. The SMILES string of the molecule is c1cc2c3cc(C4CCCCC4)cc4c5ccncc5n(c2cn1)c34. The summed E-state index contributed by atoms with van der Waals surface area (Å²) in [6.07, 6.45) is 14.6. The summed E-state index contributed by atoms with van der Waals surface area (Å²) in [5.74, 6) is 0.709. The highest BCUT2D eigenvalue weighted by Gasteiger charge is 2.22. The van der Waals surface area contributed by atoms with Crippen molar-refractivity contribution in [1.82, 2.24) is 14.4 Å². The first kappa shape index (κ1) is 13.6. The summed E-state index contributed by atoms with van der Waals surface area (Å²) >= 11 is 0. The Morgan fingerprint density at radius 3 is 1.96 bits per heavy atom. The molecule has 0 saturated heterocycles. The van der Waals surface area contributed by atoms with Crippen LogP contribution in [0.3, 0.4) is 0 Å². The molecule has 0 atom stereocenters. The van der Waals surface area contributed by atoms with E-state index in [2.05, 4.69) is 38.6 Å². The van der Waals surface area contributed by atoms with Gasteiger partial charge in [-0.1, -0.05) is 19.3 Å². The van der Waals surface area contributed by atoms with Gasteiger partial charge in [0.25, 0.3) is 0 Å². The third-order valence-corrected chi connectivity index (χ3v) is 6.09. The van der Waals surface area contributed by atoms with Gasteiger partial charge < -0.3 is 4.40 Å². The number of nitrogens with zero attached hydrogens (tertiary/aromatic N) is 3. The zero-order valence-electron chi connectivity index (χ0n) is 14.1. The molecule has 1 saturated carbocycles. The molecule has 0 aliphatic heterocycles. The molecule has 0 bridgehead atoms. The molecule has 1 aliphatic rings. The predicted octanol–water partition coefficient (Wildman–Crippen LogP) is 5.67. The van der Waals surface area contributed by atoms with Crippen LogP contribution in [-0.2, 0) is 0 Å². The van der Waals surface area contributed by atoms with Crippen molar-refractivity contribution in [2.45, 2.75) is 38.0 Å². The number of hydrogen-bond donors (Lipinski definition) is 0. The second-order valence-electron chi connectivity index (χ2n) is 7.42. The van der Waals surface area contributed by atoms with E-state index >= 15 is 0 Å². The minimum Gasteiger partial charge on any atom is -0.305 e. The molecule has 4 aromatic heterocycles. The molecule has 5 aromatic rings. The largest absolute Gasteiger partial charge is 0.305 e. The Morgan fingerprint density at radius 1 is 0.760 bits per heavy atom. The molecule has 1 fully saturated rings. The third kappa shape index (κ3) is 1.76. The third-order valence-electron chi connectivity index (χ3n) is 6.09. The highest BCUT2D eigenvalue weighted by molar-refractivity contribution is 6.23. The maximum absolute atomic E-state index is 4.38. The van der Waals surface area contributed by atoms with Gasteiger partial charge in [0.15, 0.2) is 0 Å². The van der Waals surface area contributed by atoms with Crippen LogP contribution in [0.25, 0.3) is 38.1 Å². The Bertz CT molecular complexity index is 1140. The lowest BCUT2D eigenvalue weighted by Crippen LogP contribution is -2.04. The number of aromatic nitrogens is 3. The summed E-state index contributed by atoms with van der Waals surface area (Å²) in [4.78, 5) is 8.77. The molecule has 3 nitrogen and oxygen atoms in total. The molecular weight excluding hydrogens is 306 g/mol. The Labute approximate surface area is 145 Å². The molecule has 25 heavy (non-hydrogen) atoms. The number of rotatable bonds is 1. The molecule has 0 radical (unpaired) electrons. The quantitative estimate of drug-likeness (QED) is 0.397. The number of benzene rings is 1. The minimum absolute atomic E-state index is 0.709. The predicted molar refractivity (Wildman–Crippen MR) is 103 cm³/mol. The van der Waals surface area contributed by atoms with E-state index in [0.29, 0.717) is 5.92 Å². The van der Waals surface area contributed by atoms with Gasteiger partial charge in [0, 0.05) is 33.9 Å². The van der Waals surface area contributed by atoms with Gasteiger partial charge >= 0.3 is 0 Å². The van der Waals surface area contributed by atoms with E-state index in [4.69, 9.17) is 0 Å². The van der Waals surface area contributed by atoms with E-state index in [9.17, 15) is 0 Å². The van der Waals surface area contributed by atoms with Crippen LogP contribution in [0.4, 0.5) is 0 Å². The fourth-order valence-corrected chi connectivity index (χ4v) is 4.93. The zero-order valence-corrected chi connectivity index (χ0v) is 14.1. The Morgan fingerprint density at radius 2 is 1.36 bits per heavy atom. The lowest BCUT2D eigenvalue weighted by molar-refractivity contribution is 0.444. The molecule has 0 amide bonds. The topological polar surface area (TPSA) is 30.2 Å². The van der Waals surface area contributed by atoms with Crippen LogP contribution >= 0.6 is 0 Å². The average Bonchev–Trinajstić information content (AvgIpc) is 3.20. The van der Waals surface area contributed by atoms with Gasteiger partial charge in [0.1, 0.15) is 0 Å². The summed E-state index contributed by atoms with van der Waals surface area (Å²) in [6, 6.07) is 9.22. The zero-order chi connectivity index (χ0) is 16.4. The van der Waals surface area contributed by atoms with Gasteiger partial charge in [0.05, 0.1) is 28.9 Å². The van der Waals surface area contributed by atoms with Crippen LogP contribution in [0.5, 0.6) is 0 Å². The van der Waals surface area contributed by atoms with Crippen LogP contribution in [-0.4, -0.2) is 14.4 Å². The van der Waals surface area contributed by atoms with Gasteiger partial charge in [-0.05, 0) is 48.6 Å². The Kier molecular flexibility index (Phi) is 2.67. The molecule has 4 heterocycles. The maximum Gasteiger partial charge on any atom is 0.0725 e. The van der Waals surface area contributed by atoms with E-state index in [1.165, 1.54) is 75.8 Å². The van der Waals surface area contributed by atoms with Crippen molar-refractivity contribution in [3.63, 3.8) is 0 Å². The Hall–Kier alpha value is -2.68. The van der Waals surface area contributed by atoms with E-state index in [0.717, 1.165) is 0 Å². The van der Waals surface area contributed by atoms with Crippen molar-refractivity contribution in [2.24, 2.45) is 0 Å². The number of hydrogen-bond acceptors (Lipinski definition) is 2. The molecule has 0 spiro atoms. The van der Waals surface area contributed by atoms with Crippen LogP contribution in [0.1, 0.15) is 43.6 Å². The second kappa shape index (κ2) is 4.92. The van der Waals surface area contributed by atoms with Crippen molar-refractivity contribution in [2.75, 3.05) is 0 Å². The van der Waals surface area contributed by atoms with Gasteiger partial charge in [0.2, 0.25) is 0 Å². The van der Waals surface area contributed by atoms with E-state index in [-0.39, 0.29) is 0 Å². The summed E-state index contributed by atoms with van der Waals surface area (Å²) < 4.78 is 2.35. The lowest BCUT2D eigenvalue weighted by atomic mass is 9.83. The molecule has 122 valence electrons. The van der Waals surface area contributed by atoms with Crippen molar-refractivity contribution in [3.8, 4) is 0 Å². The molecule has 1 aliphatic carbocycles. The minimum atomic E-state index is 0.709. The lowest BCUT2D eigenvalue weighted by Gasteiger charge is -2.22. The molecule has 3 heteroatoms. The van der Waals surface area contributed by atoms with Crippen LogP contribution in [0.2, 0.25) is 0 Å². The molecule has 0 unspecified atom stereocenters. The first-order chi connectivity index (χ1) is 12.4. The van der Waals surface area contributed by atoms with E-state index in [1.54, 1.807) is 0 Å². The molecule has 6 rings (SSSR count). The fourth-order valence-electron chi connectivity index (χ4n) is 4.93. The van der Waals surface area contributed by atoms with Gasteiger partial charge in [-0.3, -0.25) is 9.97 Å². The fraction of sp³-hybridized carbons (Fsp3) is 0.273. The van der Waals surface area contributed by atoms with E-state index in [1.807, 2.05) is 24.8 Å². The molecular formula is C22H19N3. The van der Waals surface area contributed by atoms with Crippen molar-refractivity contribution in [1.29, 1.82) is 0 Å². The first-order valence-corrected chi connectivity index (χ1v) is 9.28. The Balaban J connectivity index is 1.81. The van der Waals surface area contributed by atoms with Gasteiger partial charge in [-0.25, -0.2) is 0 Å². The number of pyridine rings is 2. The monoisotopic (exact) mass is 325 g/mol. The van der Waals surface area contributed by atoms with Gasteiger partial charge in [-0.15, -0.1) is 0 Å². The summed E-state index contributed by atoms with van der Waals surface area (Å²) in [5.41, 5.74) is 5.21. The van der Waals surface area contributed by atoms with Crippen LogP contribution in [0.15, 0.2) is 49.1 Å². The standard InChI is InChI=1S/C22H19N3/c1-2-4-14(5-3-1)15-10-18-16-6-8-23-12-20(16)25-21-13-24-9-7-17(21)19(11-15)22(18)25/h6-14H,1-5H2. The normalized spacial score (nSPS) is 16.6. The first-order valence-electron chi connectivity index (χ1n) is 9.28. The second-order valence-corrected chi connectivity index (χ2v) is 7.42. The summed E-state index contributed by atoms with van der Waals surface area (Å²) in [5, 5.41) is 5.34. The van der Waals surface area contributed by atoms with E-state index < -0.39 is 0 Å². The van der Waals surface area contributed by atoms with Crippen molar-refractivity contribution in [3.05, 3.63) is 54.6 Å². The number of fused-ring (bicyclic) bond motifs is 6. The van der Waals surface area contributed by atoms with Crippen LogP contribution < -0.4 is 0 Å². The smallest absolute Gasteiger partial charge is 0.0725 e. The molecule has 1 aromatic carbocycles. The summed E-state index contributed by atoms with van der Waals surface area (Å²) in [7, 11) is 0. The van der Waals surface area contributed by atoms with Gasteiger partial charge in [-0.2, -0.15) is 0 Å². The van der Waals surface area contributed by atoms with Crippen molar-refractivity contribution < 1.29 is 0 Å².